The molecule has 0 atom stereocenters. The summed E-state index contributed by atoms with van der Waals surface area (Å²) in [6, 6.07) is 14.5. The molecule has 0 saturated heterocycles. The first-order chi connectivity index (χ1) is 10.1. The molecule has 0 aromatic heterocycles. The Balaban J connectivity index is 2.20. The number of hydrogen-bond acceptors (Lipinski definition) is 2. The third-order valence-electron chi connectivity index (χ3n) is 3.45. The van der Waals surface area contributed by atoms with Crippen molar-refractivity contribution < 1.29 is 9.47 Å². The second-order valence-corrected chi connectivity index (χ2v) is 5.30. The molecule has 0 aliphatic carbocycles. The predicted octanol–water partition coefficient (Wildman–Crippen LogP) is 5.00. The van der Waals surface area contributed by atoms with E-state index in [1.165, 1.54) is 11.1 Å². The van der Waals surface area contributed by atoms with Crippen molar-refractivity contribution in [3.8, 4) is 11.5 Å². The van der Waals surface area contributed by atoms with Gasteiger partial charge in [-0.05, 0) is 34.7 Å². The zero-order chi connectivity index (χ0) is 15.2. The number of methoxy groups -OCH3 is 2. The van der Waals surface area contributed by atoms with Gasteiger partial charge in [-0.2, -0.15) is 0 Å². The van der Waals surface area contributed by atoms with Crippen LogP contribution in [0.4, 0.5) is 0 Å². The van der Waals surface area contributed by atoms with Gasteiger partial charge in [0.25, 0.3) is 0 Å². The average Bonchev–Trinajstić information content (AvgIpc) is 2.52. The van der Waals surface area contributed by atoms with Gasteiger partial charge in [0.1, 0.15) is 11.5 Å². The van der Waals surface area contributed by atoms with E-state index >= 15 is 0 Å². The highest BCUT2D eigenvalue weighted by molar-refractivity contribution is 5.71. The Labute approximate surface area is 127 Å². The zero-order valence-electron chi connectivity index (χ0n) is 13.1. The molecular formula is C19H22O2. The maximum atomic E-state index is 5.28. The summed E-state index contributed by atoms with van der Waals surface area (Å²) in [7, 11) is 3.32. The van der Waals surface area contributed by atoms with Gasteiger partial charge in [-0.25, -0.2) is 0 Å². The van der Waals surface area contributed by atoms with E-state index in [4.69, 9.17) is 9.47 Å². The summed E-state index contributed by atoms with van der Waals surface area (Å²) >= 11 is 0. The van der Waals surface area contributed by atoms with E-state index in [1.807, 2.05) is 18.2 Å². The molecule has 0 spiro atoms. The number of rotatable bonds is 5. The third kappa shape index (κ3) is 4.12. The van der Waals surface area contributed by atoms with Crippen molar-refractivity contribution in [3.05, 3.63) is 59.2 Å². The quantitative estimate of drug-likeness (QED) is 0.719. The van der Waals surface area contributed by atoms with Crippen molar-refractivity contribution >= 4 is 12.2 Å². The van der Waals surface area contributed by atoms with Gasteiger partial charge in [0.15, 0.2) is 0 Å². The van der Waals surface area contributed by atoms with Gasteiger partial charge in [0.2, 0.25) is 0 Å². The lowest BCUT2D eigenvalue weighted by atomic mass is 10.0. The molecule has 0 bridgehead atoms. The van der Waals surface area contributed by atoms with Gasteiger partial charge in [-0.3, -0.25) is 0 Å². The van der Waals surface area contributed by atoms with Crippen LogP contribution in [-0.2, 0) is 0 Å². The molecule has 0 unspecified atom stereocenters. The van der Waals surface area contributed by atoms with Gasteiger partial charge in [-0.1, -0.05) is 50.3 Å². The van der Waals surface area contributed by atoms with E-state index in [9.17, 15) is 0 Å². The smallest absolute Gasteiger partial charge is 0.123 e. The van der Waals surface area contributed by atoms with E-state index in [0.717, 1.165) is 17.1 Å². The first-order valence-corrected chi connectivity index (χ1v) is 7.13. The summed E-state index contributed by atoms with van der Waals surface area (Å²) in [6.45, 7) is 4.40. The monoisotopic (exact) mass is 282 g/mol. The molecule has 2 rings (SSSR count). The van der Waals surface area contributed by atoms with Crippen LogP contribution in [0.5, 0.6) is 11.5 Å². The standard InChI is InChI=1S/C19H22O2/c1-14(2)17-9-7-15(8-10-17)5-6-16-11-18(20-3)13-19(12-16)21-4/h5-14H,1-4H3/b6-5+. The van der Waals surface area contributed by atoms with Crippen LogP contribution in [0.15, 0.2) is 42.5 Å². The summed E-state index contributed by atoms with van der Waals surface area (Å²) in [5.41, 5.74) is 3.59. The molecule has 21 heavy (non-hydrogen) atoms. The highest BCUT2D eigenvalue weighted by atomic mass is 16.5. The Morgan fingerprint density at radius 1 is 0.762 bits per heavy atom. The average molecular weight is 282 g/mol. The third-order valence-corrected chi connectivity index (χ3v) is 3.45. The molecule has 0 N–H and O–H groups in total. The van der Waals surface area contributed by atoms with Gasteiger partial charge >= 0.3 is 0 Å². The normalized spacial score (nSPS) is 11.1. The lowest BCUT2D eigenvalue weighted by Gasteiger charge is -2.06. The fourth-order valence-corrected chi connectivity index (χ4v) is 2.11. The molecule has 0 heterocycles. The molecule has 110 valence electrons. The lowest BCUT2D eigenvalue weighted by molar-refractivity contribution is 0.394. The molecule has 0 amide bonds. The molecule has 2 heteroatoms. The first kappa shape index (κ1) is 15.2. The minimum atomic E-state index is 0.561. The Hall–Kier alpha value is -2.22. The van der Waals surface area contributed by atoms with Crippen LogP contribution in [0, 0.1) is 0 Å². The zero-order valence-corrected chi connectivity index (χ0v) is 13.1. The molecule has 0 aliphatic rings. The maximum Gasteiger partial charge on any atom is 0.123 e. The van der Waals surface area contributed by atoms with Crippen LogP contribution < -0.4 is 9.47 Å². The van der Waals surface area contributed by atoms with E-state index in [1.54, 1.807) is 14.2 Å². The molecule has 0 aliphatic heterocycles. The van der Waals surface area contributed by atoms with Crippen molar-refractivity contribution in [2.75, 3.05) is 14.2 Å². The summed E-state index contributed by atoms with van der Waals surface area (Å²) in [5, 5.41) is 0. The van der Waals surface area contributed by atoms with Crippen LogP contribution in [0.3, 0.4) is 0 Å². The lowest BCUT2D eigenvalue weighted by Crippen LogP contribution is -1.88. The highest BCUT2D eigenvalue weighted by Gasteiger charge is 2.00. The van der Waals surface area contributed by atoms with Crippen LogP contribution in [0.25, 0.3) is 12.2 Å². The molecule has 2 aromatic rings. The molecule has 0 saturated carbocycles. The summed E-state index contributed by atoms with van der Waals surface area (Å²) in [5.74, 6) is 2.15. The number of ether oxygens (including phenoxy) is 2. The van der Waals surface area contributed by atoms with Crippen molar-refractivity contribution in [2.24, 2.45) is 0 Å². The summed E-state index contributed by atoms with van der Waals surface area (Å²) in [6.07, 6.45) is 4.16. The van der Waals surface area contributed by atoms with Gasteiger partial charge in [0.05, 0.1) is 14.2 Å². The van der Waals surface area contributed by atoms with E-state index in [2.05, 4.69) is 50.3 Å². The predicted molar refractivity (Wildman–Crippen MR) is 89.0 cm³/mol. The molecule has 0 fully saturated rings. The minimum absolute atomic E-state index is 0.561. The number of benzene rings is 2. The largest absolute Gasteiger partial charge is 0.497 e. The fourth-order valence-electron chi connectivity index (χ4n) is 2.11. The summed E-state index contributed by atoms with van der Waals surface area (Å²) in [4.78, 5) is 0. The Morgan fingerprint density at radius 3 is 1.76 bits per heavy atom. The van der Waals surface area contributed by atoms with Gasteiger partial charge < -0.3 is 9.47 Å². The summed E-state index contributed by atoms with van der Waals surface area (Å²) < 4.78 is 10.6. The topological polar surface area (TPSA) is 18.5 Å². The van der Waals surface area contributed by atoms with Crippen molar-refractivity contribution in [1.82, 2.24) is 0 Å². The highest BCUT2D eigenvalue weighted by Crippen LogP contribution is 2.24. The van der Waals surface area contributed by atoms with Crippen LogP contribution in [-0.4, -0.2) is 14.2 Å². The molecule has 2 aromatic carbocycles. The minimum Gasteiger partial charge on any atom is -0.497 e. The van der Waals surface area contributed by atoms with Crippen molar-refractivity contribution in [3.63, 3.8) is 0 Å². The first-order valence-electron chi connectivity index (χ1n) is 7.13. The van der Waals surface area contributed by atoms with E-state index < -0.39 is 0 Å². The van der Waals surface area contributed by atoms with Crippen LogP contribution in [0.2, 0.25) is 0 Å². The molecular weight excluding hydrogens is 260 g/mol. The maximum absolute atomic E-state index is 5.28. The van der Waals surface area contributed by atoms with E-state index in [-0.39, 0.29) is 0 Å². The molecule has 0 radical (unpaired) electrons. The Bertz CT molecular complexity index is 588. The number of hydrogen-bond donors (Lipinski definition) is 0. The molecule has 2 nitrogen and oxygen atoms in total. The van der Waals surface area contributed by atoms with Gasteiger partial charge in [0, 0.05) is 6.07 Å². The van der Waals surface area contributed by atoms with Crippen molar-refractivity contribution in [1.29, 1.82) is 0 Å². The van der Waals surface area contributed by atoms with Crippen LogP contribution in [0.1, 0.15) is 36.5 Å². The Kier molecular flexibility index (Phi) is 5.04. The fraction of sp³-hybridized carbons (Fsp3) is 0.263. The van der Waals surface area contributed by atoms with Crippen LogP contribution >= 0.6 is 0 Å². The van der Waals surface area contributed by atoms with E-state index in [0.29, 0.717) is 5.92 Å². The SMILES string of the molecule is COc1cc(/C=C/c2ccc(C(C)C)cc2)cc(OC)c1. The van der Waals surface area contributed by atoms with Crippen molar-refractivity contribution in [2.45, 2.75) is 19.8 Å². The van der Waals surface area contributed by atoms with Gasteiger partial charge in [-0.15, -0.1) is 0 Å². The second-order valence-electron chi connectivity index (χ2n) is 5.30. The second kappa shape index (κ2) is 6.98. The Morgan fingerprint density at radius 2 is 1.29 bits per heavy atom.